The Morgan fingerprint density at radius 1 is 1.10 bits per heavy atom. The molecule has 0 aliphatic carbocycles. The molecule has 0 bridgehead atoms. The van der Waals surface area contributed by atoms with Crippen molar-refractivity contribution in [1.82, 2.24) is 0 Å². The largest absolute Gasteiger partial charge is 0.495 e. The van der Waals surface area contributed by atoms with E-state index in [1.165, 1.54) is 18.9 Å². The number of benzene rings is 2. The number of anilines is 2. The lowest BCUT2D eigenvalue weighted by molar-refractivity contribution is -0.117. The average Bonchev–Trinajstić information content (AvgIpc) is 2.68. The van der Waals surface area contributed by atoms with E-state index >= 15 is 0 Å². The number of nitrogens with zero attached hydrogens (tertiary/aromatic N) is 1. The average molecular weight is 398 g/mol. The Bertz CT molecular complexity index is 895. The Balaban J connectivity index is 2.12. The van der Waals surface area contributed by atoms with Crippen molar-refractivity contribution >= 4 is 29.2 Å². The zero-order valence-corrected chi connectivity index (χ0v) is 17.2. The fraction of sp³-hybridized carbons (Fsp3) is 0.318. The highest BCUT2D eigenvalue weighted by molar-refractivity contribution is 6.02. The lowest BCUT2D eigenvalue weighted by Gasteiger charge is -2.23. The second kappa shape index (κ2) is 10.3. The maximum Gasteiger partial charge on any atom is 0.340 e. The van der Waals surface area contributed by atoms with E-state index in [1.807, 2.05) is 19.1 Å². The van der Waals surface area contributed by atoms with Crippen molar-refractivity contribution in [3.05, 3.63) is 53.6 Å². The standard InChI is InChI=1S/C22H26N2O5/c1-5-29-22(27)17-8-6-7-9-18(17)23-21(26)12-13-24(16(3)25)19-14-15(2)10-11-20(19)28-4/h6-11,14H,5,12-13H2,1-4H3,(H,23,26). The van der Waals surface area contributed by atoms with Crippen molar-refractivity contribution < 1.29 is 23.9 Å². The van der Waals surface area contributed by atoms with Gasteiger partial charge in [-0.3, -0.25) is 9.59 Å². The first-order chi connectivity index (χ1) is 13.9. The summed E-state index contributed by atoms with van der Waals surface area (Å²) < 4.78 is 10.4. The van der Waals surface area contributed by atoms with Gasteiger partial charge >= 0.3 is 5.97 Å². The van der Waals surface area contributed by atoms with E-state index < -0.39 is 5.97 Å². The molecule has 0 aliphatic rings. The molecule has 29 heavy (non-hydrogen) atoms. The van der Waals surface area contributed by atoms with Gasteiger partial charge in [0.25, 0.3) is 0 Å². The lowest BCUT2D eigenvalue weighted by atomic mass is 10.1. The van der Waals surface area contributed by atoms with Gasteiger partial charge in [0.1, 0.15) is 5.75 Å². The number of carbonyl (C=O) groups is 3. The SMILES string of the molecule is CCOC(=O)c1ccccc1NC(=O)CCN(C(C)=O)c1cc(C)ccc1OC. The van der Waals surface area contributed by atoms with E-state index in [0.717, 1.165) is 5.56 Å². The molecule has 2 aromatic carbocycles. The van der Waals surface area contributed by atoms with Crippen LogP contribution < -0.4 is 15.0 Å². The molecule has 154 valence electrons. The first kappa shape index (κ1) is 21.9. The summed E-state index contributed by atoms with van der Waals surface area (Å²) in [5, 5.41) is 2.73. The van der Waals surface area contributed by atoms with E-state index in [2.05, 4.69) is 5.32 Å². The quantitative estimate of drug-likeness (QED) is 0.687. The van der Waals surface area contributed by atoms with E-state index in [9.17, 15) is 14.4 Å². The number of methoxy groups -OCH3 is 1. The summed E-state index contributed by atoms with van der Waals surface area (Å²) in [6.45, 7) is 5.49. The molecular formula is C22H26N2O5. The van der Waals surface area contributed by atoms with Crippen molar-refractivity contribution in [3.8, 4) is 5.75 Å². The molecule has 2 amide bonds. The highest BCUT2D eigenvalue weighted by atomic mass is 16.5. The van der Waals surface area contributed by atoms with Crippen LogP contribution in [0.1, 0.15) is 36.2 Å². The number of carbonyl (C=O) groups excluding carboxylic acids is 3. The number of hydrogen-bond acceptors (Lipinski definition) is 5. The normalized spacial score (nSPS) is 10.2. The number of aryl methyl sites for hydroxylation is 1. The second-order valence-electron chi connectivity index (χ2n) is 6.41. The molecule has 2 rings (SSSR count). The molecule has 0 radical (unpaired) electrons. The third-order valence-corrected chi connectivity index (χ3v) is 4.26. The summed E-state index contributed by atoms with van der Waals surface area (Å²) in [5.74, 6) is -0.467. The summed E-state index contributed by atoms with van der Waals surface area (Å²) in [6, 6.07) is 12.2. The lowest BCUT2D eigenvalue weighted by Crippen LogP contribution is -2.32. The van der Waals surface area contributed by atoms with Crippen LogP contribution in [0.2, 0.25) is 0 Å². The molecule has 7 nitrogen and oxygen atoms in total. The third-order valence-electron chi connectivity index (χ3n) is 4.26. The van der Waals surface area contributed by atoms with Gasteiger partial charge in [-0.15, -0.1) is 0 Å². The van der Waals surface area contributed by atoms with Gasteiger partial charge in [0, 0.05) is 19.9 Å². The number of hydrogen-bond donors (Lipinski definition) is 1. The minimum atomic E-state index is -0.502. The van der Waals surface area contributed by atoms with Crippen LogP contribution in [0, 0.1) is 6.92 Å². The van der Waals surface area contributed by atoms with Crippen LogP contribution in [0.5, 0.6) is 5.75 Å². The maximum absolute atomic E-state index is 12.5. The zero-order valence-electron chi connectivity index (χ0n) is 17.2. The molecule has 0 atom stereocenters. The van der Waals surface area contributed by atoms with Gasteiger partial charge in [-0.05, 0) is 43.7 Å². The van der Waals surface area contributed by atoms with Crippen LogP contribution in [0.15, 0.2) is 42.5 Å². The van der Waals surface area contributed by atoms with Crippen molar-refractivity contribution in [2.24, 2.45) is 0 Å². The number of ether oxygens (including phenoxy) is 2. The van der Waals surface area contributed by atoms with Crippen LogP contribution in [0.4, 0.5) is 11.4 Å². The summed E-state index contributed by atoms with van der Waals surface area (Å²) in [6.07, 6.45) is 0.0494. The Morgan fingerprint density at radius 2 is 1.83 bits per heavy atom. The Hall–Kier alpha value is -3.35. The van der Waals surface area contributed by atoms with Gasteiger partial charge < -0.3 is 19.7 Å². The monoisotopic (exact) mass is 398 g/mol. The fourth-order valence-corrected chi connectivity index (χ4v) is 2.86. The first-order valence-corrected chi connectivity index (χ1v) is 9.36. The molecule has 0 fully saturated rings. The van der Waals surface area contributed by atoms with Gasteiger partial charge in [-0.2, -0.15) is 0 Å². The van der Waals surface area contributed by atoms with Crippen LogP contribution in [-0.2, 0) is 14.3 Å². The highest BCUT2D eigenvalue weighted by Gasteiger charge is 2.19. The van der Waals surface area contributed by atoms with E-state index in [0.29, 0.717) is 17.1 Å². The topological polar surface area (TPSA) is 84.9 Å². The van der Waals surface area contributed by atoms with E-state index in [4.69, 9.17) is 9.47 Å². The Labute approximate surface area is 170 Å². The van der Waals surface area contributed by atoms with Gasteiger partial charge in [0.15, 0.2) is 0 Å². The molecule has 0 spiro atoms. The molecule has 2 aromatic rings. The number of amides is 2. The molecule has 0 saturated carbocycles. The van der Waals surface area contributed by atoms with Gasteiger partial charge in [-0.25, -0.2) is 4.79 Å². The number of rotatable bonds is 8. The number of nitrogens with one attached hydrogen (secondary N) is 1. The maximum atomic E-state index is 12.5. The Morgan fingerprint density at radius 3 is 2.48 bits per heavy atom. The van der Waals surface area contributed by atoms with Crippen LogP contribution in [0.3, 0.4) is 0 Å². The van der Waals surface area contributed by atoms with Gasteiger partial charge in [0.05, 0.1) is 30.7 Å². The molecule has 0 unspecified atom stereocenters. The minimum absolute atomic E-state index is 0.0494. The molecule has 7 heteroatoms. The number of para-hydroxylation sites is 1. The van der Waals surface area contributed by atoms with Gasteiger partial charge in [0.2, 0.25) is 11.8 Å². The van der Waals surface area contributed by atoms with Crippen molar-refractivity contribution in [3.63, 3.8) is 0 Å². The molecule has 0 aliphatic heterocycles. The van der Waals surface area contributed by atoms with Crippen LogP contribution >= 0.6 is 0 Å². The summed E-state index contributed by atoms with van der Waals surface area (Å²) in [5.41, 5.74) is 2.24. The third kappa shape index (κ3) is 5.81. The van der Waals surface area contributed by atoms with Gasteiger partial charge in [-0.1, -0.05) is 18.2 Å². The summed E-state index contributed by atoms with van der Waals surface area (Å²) >= 11 is 0. The predicted octanol–water partition coefficient (Wildman–Crippen LogP) is 3.56. The van der Waals surface area contributed by atoms with Crippen molar-refractivity contribution in [1.29, 1.82) is 0 Å². The second-order valence-corrected chi connectivity index (χ2v) is 6.41. The minimum Gasteiger partial charge on any atom is -0.495 e. The van der Waals surface area contributed by atoms with Crippen molar-refractivity contribution in [2.45, 2.75) is 27.2 Å². The molecule has 0 saturated heterocycles. The number of esters is 1. The first-order valence-electron chi connectivity index (χ1n) is 9.36. The molecule has 0 heterocycles. The zero-order chi connectivity index (χ0) is 21.4. The van der Waals surface area contributed by atoms with Crippen LogP contribution in [0.25, 0.3) is 0 Å². The molecular weight excluding hydrogens is 372 g/mol. The Kier molecular flexibility index (Phi) is 7.77. The molecule has 1 N–H and O–H groups in total. The van der Waals surface area contributed by atoms with E-state index in [1.54, 1.807) is 37.3 Å². The van der Waals surface area contributed by atoms with Crippen molar-refractivity contribution in [2.75, 3.05) is 30.5 Å². The highest BCUT2D eigenvalue weighted by Crippen LogP contribution is 2.29. The van der Waals surface area contributed by atoms with Crippen LogP contribution in [-0.4, -0.2) is 38.0 Å². The van der Waals surface area contributed by atoms with E-state index in [-0.39, 0.29) is 37.0 Å². The summed E-state index contributed by atoms with van der Waals surface area (Å²) in [7, 11) is 1.53. The fourth-order valence-electron chi connectivity index (χ4n) is 2.86. The smallest absolute Gasteiger partial charge is 0.340 e. The predicted molar refractivity (Wildman–Crippen MR) is 111 cm³/mol. The molecule has 0 aromatic heterocycles. The summed E-state index contributed by atoms with van der Waals surface area (Å²) in [4.78, 5) is 38.2.